The molecule has 0 saturated carbocycles. The van der Waals surface area contributed by atoms with Crippen molar-refractivity contribution >= 4 is 11.8 Å². The average molecular weight is 231 g/mol. The molecule has 0 fully saturated rings. The lowest BCUT2D eigenvalue weighted by atomic mass is 10.4. The minimum absolute atomic E-state index is 0.300. The van der Waals surface area contributed by atoms with Crippen molar-refractivity contribution in [2.75, 3.05) is 0 Å². The van der Waals surface area contributed by atoms with E-state index in [1.807, 2.05) is 6.07 Å². The Bertz CT molecular complexity index is 551. The van der Waals surface area contributed by atoms with E-state index >= 15 is 0 Å². The van der Waals surface area contributed by atoms with Crippen molar-refractivity contribution in [1.82, 2.24) is 9.97 Å². The van der Waals surface area contributed by atoms with E-state index < -0.39 is 0 Å². The van der Waals surface area contributed by atoms with Gasteiger partial charge in [-0.1, -0.05) is 6.07 Å². The van der Waals surface area contributed by atoms with E-state index in [1.54, 1.807) is 12.1 Å². The molecule has 0 saturated heterocycles. The third kappa shape index (κ3) is 2.55. The summed E-state index contributed by atoms with van der Waals surface area (Å²) in [4.78, 5) is 8.68. The first-order valence-corrected chi connectivity index (χ1v) is 5.26. The summed E-state index contributed by atoms with van der Waals surface area (Å²) < 4.78 is 12.9. The van der Waals surface area contributed by atoms with Gasteiger partial charge >= 0.3 is 0 Å². The number of hydrogen-bond acceptors (Lipinski definition) is 4. The summed E-state index contributed by atoms with van der Waals surface area (Å²) in [6, 6.07) is 9.59. The lowest BCUT2D eigenvalue weighted by molar-refractivity contribution is 0.624. The van der Waals surface area contributed by atoms with Gasteiger partial charge in [-0.25, -0.2) is 14.4 Å². The van der Waals surface area contributed by atoms with E-state index in [4.69, 9.17) is 5.26 Å². The zero-order valence-electron chi connectivity index (χ0n) is 8.09. The molecule has 0 aliphatic heterocycles. The van der Waals surface area contributed by atoms with Crippen molar-refractivity contribution in [2.24, 2.45) is 0 Å². The van der Waals surface area contributed by atoms with Gasteiger partial charge in [0.1, 0.15) is 17.6 Å². The lowest BCUT2D eigenvalue weighted by Crippen LogP contribution is -1.88. The fourth-order valence-corrected chi connectivity index (χ4v) is 1.87. The molecular formula is C11H6FN3S. The van der Waals surface area contributed by atoms with Crippen LogP contribution in [0.1, 0.15) is 5.69 Å². The summed E-state index contributed by atoms with van der Waals surface area (Å²) in [6.07, 6.45) is 1.51. The maximum atomic E-state index is 12.9. The van der Waals surface area contributed by atoms with Crippen molar-refractivity contribution in [2.45, 2.75) is 10.1 Å². The van der Waals surface area contributed by atoms with Crippen molar-refractivity contribution in [1.29, 1.82) is 5.26 Å². The van der Waals surface area contributed by atoms with Crippen LogP contribution in [0.2, 0.25) is 0 Å². The first-order chi connectivity index (χ1) is 7.78. The monoisotopic (exact) mass is 231 g/mol. The highest BCUT2D eigenvalue weighted by molar-refractivity contribution is 7.99. The molecule has 0 bridgehead atoms. The van der Waals surface area contributed by atoms with Crippen LogP contribution in [0.25, 0.3) is 0 Å². The summed E-state index contributed by atoms with van der Waals surface area (Å²) in [5.74, 6) is -0.304. The molecule has 0 spiro atoms. The van der Waals surface area contributed by atoms with Gasteiger partial charge in [0.25, 0.3) is 0 Å². The average Bonchev–Trinajstić information content (AvgIpc) is 2.29. The second kappa shape index (κ2) is 4.73. The maximum absolute atomic E-state index is 12.9. The number of halogens is 1. The van der Waals surface area contributed by atoms with Crippen LogP contribution in [-0.2, 0) is 0 Å². The van der Waals surface area contributed by atoms with Crippen LogP contribution in [0, 0.1) is 17.1 Å². The Morgan fingerprint density at radius 3 is 2.94 bits per heavy atom. The molecule has 0 aliphatic carbocycles. The molecule has 5 heteroatoms. The van der Waals surface area contributed by atoms with Crippen molar-refractivity contribution in [3.8, 4) is 6.07 Å². The molecule has 3 nitrogen and oxygen atoms in total. The summed E-state index contributed by atoms with van der Waals surface area (Å²) in [5, 5.41) is 9.10. The van der Waals surface area contributed by atoms with Gasteiger partial charge < -0.3 is 0 Å². The van der Waals surface area contributed by atoms with Gasteiger partial charge in [0.05, 0.1) is 0 Å². The molecule has 0 aliphatic rings. The molecule has 1 aromatic carbocycles. The largest absolute Gasteiger partial charge is 0.231 e. The molecule has 2 rings (SSSR count). The number of hydrogen-bond donors (Lipinski definition) is 0. The third-order valence-corrected chi connectivity index (χ3v) is 2.62. The first-order valence-electron chi connectivity index (χ1n) is 4.44. The minimum atomic E-state index is -0.304. The van der Waals surface area contributed by atoms with Crippen molar-refractivity contribution < 1.29 is 4.39 Å². The number of benzene rings is 1. The zero-order valence-corrected chi connectivity index (χ0v) is 8.91. The van der Waals surface area contributed by atoms with E-state index in [2.05, 4.69) is 9.97 Å². The second-order valence-corrected chi connectivity index (χ2v) is 3.94. The predicted octanol–water partition coefficient (Wildman–Crippen LogP) is 2.64. The zero-order chi connectivity index (χ0) is 11.4. The highest BCUT2D eigenvalue weighted by Gasteiger charge is 2.02. The Morgan fingerprint density at radius 2 is 2.19 bits per heavy atom. The molecule has 0 N–H and O–H groups in total. The van der Waals surface area contributed by atoms with Gasteiger partial charge in [0.15, 0.2) is 5.16 Å². The topological polar surface area (TPSA) is 49.6 Å². The van der Waals surface area contributed by atoms with Gasteiger partial charge in [-0.05, 0) is 36.0 Å². The summed E-state index contributed by atoms with van der Waals surface area (Å²) in [7, 11) is 0. The van der Waals surface area contributed by atoms with E-state index in [1.165, 1.54) is 36.2 Å². The van der Waals surface area contributed by atoms with Crippen LogP contribution < -0.4 is 0 Å². The quantitative estimate of drug-likeness (QED) is 0.745. The molecule has 0 radical (unpaired) electrons. The summed E-state index contributed by atoms with van der Waals surface area (Å²) >= 11 is 1.22. The molecule has 1 aromatic heterocycles. The van der Waals surface area contributed by atoms with Gasteiger partial charge in [-0.3, -0.25) is 0 Å². The molecule has 0 atom stereocenters. The Labute approximate surface area is 96.0 Å². The Morgan fingerprint density at radius 1 is 1.31 bits per heavy atom. The van der Waals surface area contributed by atoms with E-state index in [9.17, 15) is 4.39 Å². The smallest absolute Gasteiger partial charge is 0.193 e. The molecule has 16 heavy (non-hydrogen) atoms. The number of nitriles is 1. The van der Waals surface area contributed by atoms with Crippen molar-refractivity contribution in [3.63, 3.8) is 0 Å². The Hall–Kier alpha value is -1.93. The van der Waals surface area contributed by atoms with Gasteiger partial charge in [-0.2, -0.15) is 5.26 Å². The second-order valence-electron chi connectivity index (χ2n) is 2.90. The molecule has 0 amide bonds. The Balaban J connectivity index is 2.24. The van der Waals surface area contributed by atoms with Gasteiger partial charge in [0, 0.05) is 11.1 Å². The van der Waals surface area contributed by atoms with Gasteiger partial charge in [-0.15, -0.1) is 0 Å². The normalized spacial score (nSPS) is 9.75. The highest BCUT2D eigenvalue weighted by Crippen LogP contribution is 2.24. The highest BCUT2D eigenvalue weighted by atomic mass is 32.2. The molecular weight excluding hydrogens is 225 g/mol. The van der Waals surface area contributed by atoms with Crippen LogP contribution in [0.4, 0.5) is 4.39 Å². The molecule has 2 aromatic rings. The fraction of sp³-hybridized carbons (Fsp3) is 0. The van der Waals surface area contributed by atoms with Gasteiger partial charge in [0.2, 0.25) is 0 Å². The molecule has 78 valence electrons. The molecule has 0 unspecified atom stereocenters. The summed E-state index contributed by atoms with van der Waals surface area (Å²) in [5.41, 5.74) is 0.300. The van der Waals surface area contributed by atoms with Crippen LogP contribution >= 0.6 is 11.8 Å². The molecule has 1 heterocycles. The van der Waals surface area contributed by atoms with Crippen LogP contribution in [0.5, 0.6) is 0 Å². The van der Waals surface area contributed by atoms with E-state index in [-0.39, 0.29) is 5.82 Å². The summed E-state index contributed by atoms with van der Waals surface area (Å²) in [6.45, 7) is 0. The standard InChI is InChI=1S/C11H6FN3S/c12-8-2-1-3-10(6-8)16-11-14-5-4-9(7-13)15-11/h1-6H. The van der Waals surface area contributed by atoms with Crippen LogP contribution in [0.3, 0.4) is 0 Å². The number of nitrogens with zero attached hydrogens (tertiary/aromatic N) is 3. The number of aromatic nitrogens is 2. The van der Waals surface area contributed by atoms with E-state index in [0.29, 0.717) is 15.7 Å². The fourth-order valence-electron chi connectivity index (χ4n) is 1.09. The van der Waals surface area contributed by atoms with Crippen LogP contribution in [0.15, 0.2) is 46.6 Å². The predicted molar refractivity (Wildman–Crippen MR) is 57.3 cm³/mol. The van der Waals surface area contributed by atoms with Crippen LogP contribution in [-0.4, -0.2) is 9.97 Å². The number of rotatable bonds is 2. The maximum Gasteiger partial charge on any atom is 0.193 e. The first kappa shape index (κ1) is 10.6. The lowest BCUT2D eigenvalue weighted by Gasteiger charge is -1.99. The third-order valence-electron chi connectivity index (χ3n) is 1.75. The van der Waals surface area contributed by atoms with E-state index in [0.717, 1.165) is 0 Å². The minimum Gasteiger partial charge on any atom is -0.231 e. The SMILES string of the molecule is N#Cc1ccnc(Sc2cccc(F)c2)n1. The Kier molecular flexibility index (Phi) is 3.13. The van der Waals surface area contributed by atoms with Crippen molar-refractivity contribution in [3.05, 3.63) is 48.0 Å².